The fourth-order valence-corrected chi connectivity index (χ4v) is 1.79. The Morgan fingerprint density at radius 2 is 1.58 bits per heavy atom. The van der Waals surface area contributed by atoms with Gasteiger partial charge in [-0.3, -0.25) is 4.79 Å². The Balaban J connectivity index is 1.73. The predicted molar refractivity (Wildman–Crippen MR) is 81.6 cm³/mol. The Kier molecular flexibility index (Phi) is 5.78. The number of carbonyl (C=O) groups excluding carboxylic acids is 2. The van der Waals surface area contributed by atoms with Crippen molar-refractivity contribution in [2.45, 2.75) is 6.54 Å². The summed E-state index contributed by atoms with van der Waals surface area (Å²) in [5.41, 5.74) is 0.769. The van der Waals surface area contributed by atoms with Crippen molar-refractivity contribution in [2.24, 2.45) is 0 Å². The van der Waals surface area contributed by atoms with Crippen molar-refractivity contribution >= 4 is 17.6 Å². The molecule has 24 heavy (non-hydrogen) atoms. The first-order valence-electron chi connectivity index (χ1n) is 6.95. The second-order valence-electron chi connectivity index (χ2n) is 4.84. The second-order valence-corrected chi connectivity index (χ2v) is 4.84. The Bertz CT molecular complexity index is 736. The van der Waals surface area contributed by atoms with Gasteiger partial charge in [-0.15, -0.1) is 0 Å². The SMILES string of the molecule is O=C(CNC(=O)NCc1ccc(F)cc1)Nc1ccc(F)c(F)c1. The molecule has 2 aromatic carbocycles. The van der Waals surface area contributed by atoms with Crippen molar-refractivity contribution in [2.75, 3.05) is 11.9 Å². The van der Waals surface area contributed by atoms with Crippen molar-refractivity contribution < 1.29 is 22.8 Å². The number of urea groups is 1. The van der Waals surface area contributed by atoms with Crippen LogP contribution in [0.25, 0.3) is 0 Å². The molecule has 0 aliphatic carbocycles. The van der Waals surface area contributed by atoms with Gasteiger partial charge in [0.1, 0.15) is 5.82 Å². The van der Waals surface area contributed by atoms with Gasteiger partial charge >= 0.3 is 6.03 Å². The van der Waals surface area contributed by atoms with Gasteiger partial charge in [0.25, 0.3) is 0 Å². The Hall–Kier alpha value is -3.03. The van der Waals surface area contributed by atoms with E-state index in [4.69, 9.17) is 0 Å². The molecule has 0 bridgehead atoms. The van der Waals surface area contributed by atoms with Crippen LogP contribution in [0.1, 0.15) is 5.56 Å². The molecule has 0 saturated heterocycles. The Labute approximate surface area is 135 Å². The van der Waals surface area contributed by atoms with Crippen LogP contribution in [0.3, 0.4) is 0 Å². The van der Waals surface area contributed by atoms with Crippen LogP contribution in [0.4, 0.5) is 23.7 Å². The lowest BCUT2D eigenvalue weighted by Gasteiger charge is -2.09. The third-order valence-corrected chi connectivity index (χ3v) is 2.98. The molecule has 3 N–H and O–H groups in total. The molecule has 0 atom stereocenters. The lowest BCUT2D eigenvalue weighted by atomic mass is 10.2. The summed E-state index contributed by atoms with van der Waals surface area (Å²) in [6.45, 7) is -0.189. The van der Waals surface area contributed by atoms with E-state index in [1.54, 1.807) is 0 Å². The van der Waals surface area contributed by atoms with Gasteiger partial charge in [0, 0.05) is 18.3 Å². The predicted octanol–water partition coefficient (Wildman–Crippen LogP) is 2.54. The lowest BCUT2D eigenvalue weighted by Crippen LogP contribution is -2.39. The van der Waals surface area contributed by atoms with E-state index in [1.807, 2.05) is 0 Å². The number of anilines is 1. The van der Waals surface area contributed by atoms with E-state index >= 15 is 0 Å². The van der Waals surface area contributed by atoms with Gasteiger partial charge in [-0.1, -0.05) is 12.1 Å². The fourth-order valence-electron chi connectivity index (χ4n) is 1.79. The van der Waals surface area contributed by atoms with Gasteiger partial charge in [-0.05, 0) is 29.8 Å². The van der Waals surface area contributed by atoms with Crippen LogP contribution in [0.5, 0.6) is 0 Å². The summed E-state index contributed by atoms with van der Waals surface area (Å²) in [5, 5.41) is 7.11. The summed E-state index contributed by atoms with van der Waals surface area (Å²) in [6, 6.07) is 7.89. The third kappa shape index (κ3) is 5.31. The maximum absolute atomic E-state index is 13.0. The summed E-state index contributed by atoms with van der Waals surface area (Å²) >= 11 is 0. The molecule has 0 unspecified atom stereocenters. The van der Waals surface area contributed by atoms with E-state index in [0.29, 0.717) is 5.56 Å². The summed E-state index contributed by atoms with van der Waals surface area (Å²) in [4.78, 5) is 23.2. The topological polar surface area (TPSA) is 70.2 Å². The largest absolute Gasteiger partial charge is 0.334 e. The van der Waals surface area contributed by atoms with Gasteiger partial charge in [0.2, 0.25) is 5.91 Å². The number of benzene rings is 2. The number of carbonyl (C=O) groups is 2. The first-order chi connectivity index (χ1) is 11.4. The van der Waals surface area contributed by atoms with Crippen molar-refractivity contribution in [1.82, 2.24) is 10.6 Å². The van der Waals surface area contributed by atoms with E-state index in [9.17, 15) is 22.8 Å². The van der Waals surface area contributed by atoms with E-state index < -0.39 is 23.6 Å². The molecule has 5 nitrogen and oxygen atoms in total. The first-order valence-corrected chi connectivity index (χ1v) is 6.95. The molecule has 2 aromatic rings. The Morgan fingerprint density at radius 1 is 0.875 bits per heavy atom. The van der Waals surface area contributed by atoms with E-state index in [1.165, 1.54) is 30.3 Å². The highest BCUT2D eigenvalue weighted by Crippen LogP contribution is 2.12. The minimum Gasteiger partial charge on any atom is -0.334 e. The van der Waals surface area contributed by atoms with E-state index in [-0.39, 0.29) is 24.6 Å². The van der Waals surface area contributed by atoms with Crippen LogP contribution in [-0.4, -0.2) is 18.5 Å². The second kappa shape index (κ2) is 8.00. The maximum Gasteiger partial charge on any atom is 0.315 e. The summed E-state index contributed by atoms with van der Waals surface area (Å²) in [6.07, 6.45) is 0. The highest BCUT2D eigenvalue weighted by Gasteiger charge is 2.08. The zero-order valence-corrected chi connectivity index (χ0v) is 12.4. The molecule has 2 rings (SSSR count). The quantitative estimate of drug-likeness (QED) is 0.785. The van der Waals surface area contributed by atoms with Crippen molar-refractivity contribution in [3.63, 3.8) is 0 Å². The summed E-state index contributed by atoms with van der Waals surface area (Å²) in [7, 11) is 0. The van der Waals surface area contributed by atoms with Crippen LogP contribution in [0, 0.1) is 17.5 Å². The molecule has 0 fully saturated rings. The molecule has 0 aliphatic rings. The molecule has 0 saturated carbocycles. The Morgan fingerprint density at radius 3 is 2.25 bits per heavy atom. The standard InChI is InChI=1S/C16H14F3N3O2/c17-11-3-1-10(2-4-11)8-20-16(24)21-9-15(23)22-12-5-6-13(18)14(19)7-12/h1-7H,8-9H2,(H,22,23)(H2,20,21,24). The molecule has 126 valence electrons. The lowest BCUT2D eigenvalue weighted by molar-refractivity contribution is -0.115. The van der Waals surface area contributed by atoms with Crippen LogP contribution >= 0.6 is 0 Å². The molecule has 8 heteroatoms. The number of hydrogen-bond donors (Lipinski definition) is 3. The minimum atomic E-state index is -1.09. The average molecular weight is 337 g/mol. The van der Waals surface area contributed by atoms with Crippen molar-refractivity contribution in [1.29, 1.82) is 0 Å². The number of rotatable bonds is 5. The summed E-state index contributed by atoms with van der Waals surface area (Å²) < 4.78 is 38.5. The van der Waals surface area contributed by atoms with Gasteiger partial charge in [-0.2, -0.15) is 0 Å². The van der Waals surface area contributed by atoms with Crippen LogP contribution in [0.2, 0.25) is 0 Å². The smallest absolute Gasteiger partial charge is 0.315 e. The fraction of sp³-hybridized carbons (Fsp3) is 0.125. The molecular formula is C16H14F3N3O2. The monoisotopic (exact) mass is 337 g/mol. The van der Waals surface area contributed by atoms with Crippen LogP contribution in [0.15, 0.2) is 42.5 Å². The average Bonchev–Trinajstić information content (AvgIpc) is 2.56. The van der Waals surface area contributed by atoms with Crippen LogP contribution < -0.4 is 16.0 Å². The number of amides is 3. The molecule has 0 aliphatic heterocycles. The molecule has 0 spiro atoms. The summed E-state index contributed by atoms with van der Waals surface area (Å²) in [5.74, 6) is -3.08. The molecule has 3 amide bonds. The minimum absolute atomic E-state index is 0.0763. The molecule has 0 aromatic heterocycles. The zero-order chi connectivity index (χ0) is 17.5. The number of halogens is 3. The molecule has 0 heterocycles. The molecular weight excluding hydrogens is 323 g/mol. The van der Waals surface area contributed by atoms with E-state index in [0.717, 1.165) is 12.1 Å². The molecule has 0 radical (unpaired) electrons. The van der Waals surface area contributed by atoms with Crippen LogP contribution in [-0.2, 0) is 11.3 Å². The normalized spacial score (nSPS) is 10.1. The van der Waals surface area contributed by atoms with Gasteiger partial charge in [0.05, 0.1) is 6.54 Å². The highest BCUT2D eigenvalue weighted by molar-refractivity contribution is 5.94. The highest BCUT2D eigenvalue weighted by atomic mass is 19.2. The van der Waals surface area contributed by atoms with Gasteiger partial charge < -0.3 is 16.0 Å². The van der Waals surface area contributed by atoms with E-state index in [2.05, 4.69) is 16.0 Å². The first kappa shape index (κ1) is 17.3. The maximum atomic E-state index is 13.0. The number of nitrogens with one attached hydrogen (secondary N) is 3. The third-order valence-electron chi connectivity index (χ3n) is 2.98. The number of hydrogen-bond acceptors (Lipinski definition) is 2. The van der Waals surface area contributed by atoms with Gasteiger partial charge in [0.15, 0.2) is 11.6 Å². The van der Waals surface area contributed by atoms with Crippen molar-refractivity contribution in [3.05, 3.63) is 65.5 Å². The van der Waals surface area contributed by atoms with Gasteiger partial charge in [-0.25, -0.2) is 18.0 Å². The zero-order valence-electron chi connectivity index (χ0n) is 12.4. The van der Waals surface area contributed by atoms with Crippen molar-refractivity contribution in [3.8, 4) is 0 Å².